The van der Waals surface area contributed by atoms with Gasteiger partial charge in [0, 0.05) is 18.2 Å². The fourth-order valence-corrected chi connectivity index (χ4v) is 4.17. The van der Waals surface area contributed by atoms with Gasteiger partial charge in [0.2, 0.25) is 5.91 Å². The second-order valence-electron chi connectivity index (χ2n) is 5.88. The molecule has 2 aromatic carbocycles. The lowest BCUT2D eigenvalue weighted by Crippen LogP contribution is -2.28. The first-order valence-corrected chi connectivity index (χ1v) is 9.18. The third kappa shape index (κ3) is 3.80. The van der Waals surface area contributed by atoms with Crippen LogP contribution in [0.4, 0.5) is 8.78 Å². The maximum atomic E-state index is 13.5. The van der Waals surface area contributed by atoms with Gasteiger partial charge in [0.15, 0.2) is 23.1 Å². The van der Waals surface area contributed by atoms with Crippen LogP contribution in [0.25, 0.3) is 0 Å². The Hall–Kier alpha value is -2.48. The molecule has 8 heteroatoms. The second kappa shape index (κ2) is 8.04. The lowest BCUT2D eigenvalue weighted by molar-refractivity contribution is -0.128. The van der Waals surface area contributed by atoms with Crippen molar-refractivity contribution in [2.24, 2.45) is 0 Å². The average Bonchev–Trinajstić information content (AvgIpc) is 3.03. The van der Waals surface area contributed by atoms with Gasteiger partial charge in [0.25, 0.3) is 0 Å². The first-order chi connectivity index (χ1) is 13.0. The Kier molecular flexibility index (Phi) is 5.74. The first-order valence-electron chi connectivity index (χ1n) is 8.13. The molecular formula is C19H19F2NO4S. The van der Waals surface area contributed by atoms with Crippen molar-refractivity contribution in [1.82, 2.24) is 4.90 Å². The fourth-order valence-electron chi connectivity index (χ4n) is 2.96. The maximum Gasteiger partial charge on any atom is 0.234 e. The molecule has 1 fully saturated rings. The minimum atomic E-state index is -0.938. The molecule has 144 valence electrons. The minimum Gasteiger partial charge on any atom is -0.496 e. The van der Waals surface area contributed by atoms with Gasteiger partial charge < -0.3 is 19.1 Å². The van der Waals surface area contributed by atoms with Crippen LogP contribution in [-0.4, -0.2) is 37.9 Å². The Morgan fingerprint density at radius 1 is 1.00 bits per heavy atom. The number of carbonyl (C=O) groups is 1. The normalized spacial score (nSPS) is 16.6. The summed E-state index contributed by atoms with van der Waals surface area (Å²) in [5, 5.41) is -0.347. The number of halogens is 2. The molecule has 1 saturated heterocycles. The predicted octanol–water partition coefficient (Wildman–Crippen LogP) is 3.76. The van der Waals surface area contributed by atoms with Crippen LogP contribution in [0.2, 0.25) is 0 Å². The summed E-state index contributed by atoms with van der Waals surface area (Å²) in [5.41, 5.74) is 1.25. The molecule has 0 aromatic heterocycles. The summed E-state index contributed by atoms with van der Waals surface area (Å²) in [7, 11) is 4.59. The monoisotopic (exact) mass is 395 g/mol. The standard InChI is InChI=1S/C19H19F2NO4S/c1-24-15-8-17(26-3)16(25-2)7-12(15)19-22(18(23)10-27-19)9-11-4-5-13(20)14(21)6-11/h4-8,19H,9-10H2,1-3H3. The zero-order chi connectivity index (χ0) is 19.6. The molecule has 1 unspecified atom stereocenters. The topological polar surface area (TPSA) is 48.0 Å². The molecule has 1 amide bonds. The molecule has 1 aliphatic heterocycles. The largest absolute Gasteiger partial charge is 0.496 e. The molecule has 5 nitrogen and oxygen atoms in total. The van der Waals surface area contributed by atoms with Crippen LogP contribution in [-0.2, 0) is 11.3 Å². The lowest BCUT2D eigenvalue weighted by Gasteiger charge is -2.26. The number of ether oxygens (including phenoxy) is 3. The van der Waals surface area contributed by atoms with Gasteiger partial charge in [-0.05, 0) is 23.8 Å². The highest BCUT2D eigenvalue weighted by Crippen LogP contribution is 2.46. The molecule has 1 aliphatic rings. The van der Waals surface area contributed by atoms with Gasteiger partial charge in [-0.25, -0.2) is 8.78 Å². The number of rotatable bonds is 6. The van der Waals surface area contributed by atoms with Crippen LogP contribution in [0.5, 0.6) is 17.2 Å². The number of amides is 1. The molecule has 0 N–H and O–H groups in total. The van der Waals surface area contributed by atoms with E-state index in [9.17, 15) is 13.6 Å². The molecule has 0 spiro atoms. The van der Waals surface area contributed by atoms with Crippen molar-refractivity contribution in [3.05, 3.63) is 53.1 Å². The quantitative estimate of drug-likeness (QED) is 0.745. The van der Waals surface area contributed by atoms with Gasteiger partial charge in [-0.2, -0.15) is 0 Å². The highest BCUT2D eigenvalue weighted by Gasteiger charge is 2.35. The number of carbonyl (C=O) groups excluding carboxylic acids is 1. The van der Waals surface area contributed by atoms with Crippen LogP contribution >= 0.6 is 11.8 Å². The van der Waals surface area contributed by atoms with E-state index in [0.717, 1.165) is 17.7 Å². The van der Waals surface area contributed by atoms with E-state index in [4.69, 9.17) is 14.2 Å². The van der Waals surface area contributed by atoms with Crippen molar-refractivity contribution in [1.29, 1.82) is 0 Å². The zero-order valence-electron chi connectivity index (χ0n) is 15.1. The number of methoxy groups -OCH3 is 3. The fraction of sp³-hybridized carbons (Fsp3) is 0.316. The zero-order valence-corrected chi connectivity index (χ0v) is 15.9. The van der Waals surface area contributed by atoms with Gasteiger partial charge in [-0.1, -0.05) is 6.07 Å². The Morgan fingerprint density at radius 3 is 2.30 bits per heavy atom. The van der Waals surface area contributed by atoms with Crippen molar-refractivity contribution < 1.29 is 27.8 Å². The van der Waals surface area contributed by atoms with Crippen LogP contribution in [0, 0.1) is 11.6 Å². The molecule has 0 aliphatic carbocycles. The molecule has 2 aromatic rings. The average molecular weight is 395 g/mol. The molecule has 1 atom stereocenters. The molecular weight excluding hydrogens is 376 g/mol. The predicted molar refractivity (Wildman–Crippen MR) is 98.2 cm³/mol. The van der Waals surface area contributed by atoms with Crippen molar-refractivity contribution in [3.63, 3.8) is 0 Å². The van der Waals surface area contributed by atoms with Crippen molar-refractivity contribution in [2.45, 2.75) is 11.9 Å². The molecule has 0 saturated carbocycles. The van der Waals surface area contributed by atoms with Crippen LogP contribution in [0.1, 0.15) is 16.5 Å². The number of hydrogen-bond acceptors (Lipinski definition) is 5. The summed E-state index contributed by atoms with van der Waals surface area (Å²) in [5.74, 6) is -0.0837. The van der Waals surface area contributed by atoms with Gasteiger partial charge in [-0.15, -0.1) is 11.8 Å². The third-order valence-corrected chi connectivity index (χ3v) is 5.54. The number of nitrogens with zero attached hydrogens (tertiary/aromatic N) is 1. The van der Waals surface area contributed by atoms with Gasteiger partial charge in [-0.3, -0.25) is 4.79 Å². The Morgan fingerprint density at radius 2 is 1.67 bits per heavy atom. The molecule has 1 heterocycles. The summed E-state index contributed by atoms with van der Waals surface area (Å²) >= 11 is 1.43. The van der Waals surface area contributed by atoms with E-state index >= 15 is 0 Å². The van der Waals surface area contributed by atoms with Crippen LogP contribution in [0.15, 0.2) is 30.3 Å². The highest BCUT2D eigenvalue weighted by molar-refractivity contribution is 8.00. The molecule has 0 bridgehead atoms. The Balaban J connectivity index is 1.97. The van der Waals surface area contributed by atoms with Gasteiger partial charge >= 0.3 is 0 Å². The van der Waals surface area contributed by atoms with E-state index in [-0.39, 0.29) is 23.6 Å². The smallest absolute Gasteiger partial charge is 0.234 e. The van der Waals surface area contributed by atoms with E-state index in [1.165, 1.54) is 39.2 Å². The third-order valence-electron chi connectivity index (χ3n) is 4.31. The SMILES string of the molecule is COc1cc(OC)c(C2SCC(=O)N2Cc2ccc(F)c(F)c2)cc1OC. The van der Waals surface area contributed by atoms with E-state index in [0.29, 0.717) is 22.8 Å². The molecule has 27 heavy (non-hydrogen) atoms. The van der Waals surface area contributed by atoms with Crippen molar-refractivity contribution in [3.8, 4) is 17.2 Å². The Labute approximate surface area is 160 Å². The molecule has 0 radical (unpaired) electrons. The minimum absolute atomic E-state index is 0.0911. The van der Waals surface area contributed by atoms with Gasteiger partial charge in [0.1, 0.15) is 11.1 Å². The van der Waals surface area contributed by atoms with E-state index in [2.05, 4.69) is 0 Å². The van der Waals surface area contributed by atoms with Gasteiger partial charge in [0.05, 0.1) is 27.1 Å². The van der Waals surface area contributed by atoms with E-state index < -0.39 is 11.6 Å². The van der Waals surface area contributed by atoms with E-state index in [1.807, 2.05) is 0 Å². The van der Waals surface area contributed by atoms with Crippen LogP contribution in [0.3, 0.4) is 0 Å². The van der Waals surface area contributed by atoms with Crippen LogP contribution < -0.4 is 14.2 Å². The lowest BCUT2D eigenvalue weighted by atomic mass is 10.1. The highest BCUT2D eigenvalue weighted by atomic mass is 32.2. The summed E-state index contributed by atoms with van der Waals surface area (Å²) in [4.78, 5) is 14.0. The summed E-state index contributed by atoms with van der Waals surface area (Å²) < 4.78 is 42.8. The van der Waals surface area contributed by atoms with E-state index in [1.54, 1.807) is 17.0 Å². The summed E-state index contributed by atoms with van der Waals surface area (Å²) in [6.45, 7) is 0.158. The summed E-state index contributed by atoms with van der Waals surface area (Å²) in [6.07, 6.45) is 0. The number of thioether (sulfide) groups is 1. The maximum absolute atomic E-state index is 13.5. The summed E-state index contributed by atoms with van der Waals surface area (Å²) in [6, 6.07) is 7.11. The Bertz CT molecular complexity index is 862. The van der Waals surface area contributed by atoms with Crippen molar-refractivity contribution in [2.75, 3.05) is 27.1 Å². The first kappa shape index (κ1) is 19.3. The second-order valence-corrected chi connectivity index (χ2v) is 6.95. The number of hydrogen-bond donors (Lipinski definition) is 0. The molecule has 3 rings (SSSR count). The number of benzene rings is 2. The van der Waals surface area contributed by atoms with Crippen molar-refractivity contribution >= 4 is 17.7 Å².